The lowest BCUT2D eigenvalue weighted by Gasteiger charge is -2.20. The highest BCUT2D eigenvalue weighted by Gasteiger charge is 2.18. The third-order valence-electron chi connectivity index (χ3n) is 12.0. The van der Waals surface area contributed by atoms with E-state index in [0.717, 1.165) is 70.6 Å². The Morgan fingerprint density at radius 2 is 0.825 bits per heavy atom. The van der Waals surface area contributed by atoms with Crippen molar-refractivity contribution in [3.05, 3.63) is 60.8 Å². The van der Waals surface area contributed by atoms with E-state index in [1.807, 2.05) is 6.08 Å². The van der Waals surface area contributed by atoms with Crippen LogP contribution in [0.5, 0.6) is 0 Å². The molecule has 0 aliphatic carbocycles. The Balaban J connectivity index is 3.47. The molecule has 2 atom stereocenters. The van der Waals surface area contributed by atoms with Gasteiger partial charge < -0.3 is 20.3 Å². The molecule has 0 aromatic rings. The number of amides is 1. The molecule has 0 bridgehead atoms. The number of hydrogen-bond donors (Lipinski definition) is 3. The first-order valence-corrected chi connectivity index (χ1v) is 27.1. The first-order valence-electron chi connectivity index (χ1n) is 27.1. The molecule has 0 aliphatic rings. The molecular formula is C57H103NO5. The van der Waals surface area contributed by atoms with Crippen LogP contribution in [-0.4, -0.2) is 47.4 Å². The van der Waals surface area contributed by atoms with E-state index in [9.17, 15) is 19.8 Å². The molecule has 0 saturated carbocycles. The van der Waals surface area contributed by atoms with E-state index in [1.165, 1.54) is 167 Å². The monoisotopic (exact) mass is 882 g/mol. The number of carbonyl (C=O) groups excluding carboxylic acids is 2. The van der Waals surface area contributed by atoms with Crippen molar-refractivity contribution in [2.45, 2.75) is 276 Å². The van der Waals surface area contributed by atoms with Gasteiger partial charge in [0.25, 0.3) is 0 Å². The minimum Gasteiger partial charge on any atom is -0.466 e. The molecule has 0 aromatic carbocycles. The fourth-order valence-electron chi connectivity index (χ4n) is 7.82. The zero-order valence-electron chi connectivity index (χ0n) is 41.5. The molecule has 0 rings (SSSR count). The number of esters is 1. The topological polar surface area (TPSA) is 95.9 Å². The second kappa shape index (κ2) is 52.2. The summed E-state index contributed by atoms with van der Waals surface area (Å²) >= 11 is 0. The SMILES string of the molecule is CCC/C=C\C/C=C\CCCCCCCC(=O)OCCCCCCCCCCC/C=C\C/C=C\CCCCCCCCCC(=O)NC(CO)C(O)/C=C/CCCCCCCCCC. The van der Waals surface area contributed by atoms with Crippen LogP contribution in [0, 0.1) is 0 Å². The van der Waals surface area contributed by atoms with Crippen LogP contribution in [-0.2, 0) is 14.3 Å². The van der Waals surface area contributed by atoms with Gasteiger partial charge in [0.1, 0.15) is 0 Å². The van der Waals surface area contributed by atoms with Gasteiger partial charge in [-0.3, -0.25) is 9.59 Å². The summed E-state index contributed by atoms with van der Waals surface area (Å²) in [7, 11) is 0. The number of hydrogen-bond acceptors (Lipinski definition) is 5. The van der Waals surface area contributed by atoms with Gasteiger partial charge in [-0.25, -0.2) is 0 Å². The number of rotatable bonds is 49. The summed E-state index contributed by atoms with van der Waals surface area (Å²) in [6.45, 7) is 4.79. The first-order chi connectivity index (χ1) is 31.0. The van der Waals surface area contributed by atoms with Gasteiger partial charge >= 0.3 is 5.97 Å². The minimum atomic E-state index is -0.850. The molecule has 0 heterocycles. The predicted molar refractivity (Wildman–Crippen MR) is 273 cm³/mol. The van der Waals surface area contributed by atoms with Gasteiger partial charge in [-0.2, -0.15) is 0 Å². The highest BCUT2D eigenvalue weighted by molar-refractivity contribution is 5.76. The van der Waals surface area contributed by atoms with Crippen molar-refractivity contribution in [2.75, 3.05) is 13.2 Å². The summed E-state index contributed by atoms with van der Waals surface area (Å²) < 4.78 is 5.45. The summed E-state index contributed by atoms with van der Waals surface area (Å²) in [6.07, 6.45) is 66.7. The van der Waals surface area contributed by atoms with Gasteiger partial charge in [0.2, 0.25) is 5.91 Å². The molecule has 6 heteroatoms. The Morgan fingerprint density at radius 3 is 1.27 bits per heavy atom. The van der Waals surface area contributed by atoms with Crippen LogP contribution < -0.4 is 5.32 Å². The average Bonchev–Trinajstić information content (AvgIpc) is 3.28. The lowest BCUT2D eigenvalue weighted by molar-refractivity contribution is -0.143. The van der Waals surface area contributed by atoms with Gasteiger partial charge in [0.15, 0.2) is 0 Å². The molecule has 366 valence electrons. The smallest absolute Gasteiger partial charge is 0.305 e. The van der Waals surface area contributed by atoms with Crippen molar-refractivity contribution < 1.29 is 24.5 Å². The molecule has 0 aliphatic heterocycles. The molecule has 6 nitrogen and oxygen atoms in total. The van der Waals surface area contributed by atoms with Gasteiger partial charge in [-0.15, -0.1) is 0 Å². The van der Waals surface area contributed by atoms with E-state index >= 15 is 0 Å². The Bertz CT molecular complexity index is 1110. The highest BCUT2D eigenvalue weighted by atomic mass is 16.5. The number of allylic oxidation sites excluding steroid dienone is 9. The van der Waals surface area contributed by atoms with Gasteiger partial charge in [-0.05, 0) is 89.9 Å². The number of aliphatic hydroxyl groups is 2. The van der Waals surface area contributed by atoms with Gasteiger partial charge in [-0.1, -0.05) is 222 Å². The summed E-state index contributed by atoms with van der Waals surface area (Å²) in [6, 6.07) is -0.635. The number of aliphatic hydroxyl groups excluding tert-OH is 2. The lowest BCUT2D eigenvalue weighted by atomic mass is 10.1. The molecule has 3 N–H and O–H groups in total. The second-order valence-corrected chi connectivity index (χ2v) is 18.2. The number of nitrogens with one attached hydrogen (secondary N) is 1. The summed E-state index contributed by atoms with van der Waals surface area (Å²) in [4.78, 5) is 24.4. The molecule has 1 amide bonds. The lowest BCUT2D eigenvalue weighted by Crippen LogP contribution is -2.45. The largest absolute Gasteiger partial charge is 0.466 e. The Kier molecular flexibility index (Phi) is 50.2. The molecule has 0 aromatic heterocycles. The second-order valence-electron chi connectivity index (χ2n) is 18.2. The van der Waals surface area contributed by atoms with E-state index in [1.54, 1.807) is 6.08 Å². The van der Waals surface area contributed by atoms with Crippen molar-refractivity contribution >= 4 is 11.9 Å². The Morgan fingerprint density at radius 1 is 0.444 bits per heavy atom. The van der Waals surface area contributed by atoms with E-state index in [0.29, 0.717) is 19.4 Å². The van der Waals surface area contributed by atoms with Crippen LogP contribution in [0.15, 0.2) is 60.8 Å². The van der Waals surface area contributed by atoms with E-state index in [4.69, 9.17) is 4.74 Å². The number of carbonyl (C=O) groups is 2. The molecule has 0 radical (unpaired) electrons. The van der Waals surface area contributed by atoms with Crippen LogP contribution in [0.4, 0.5) is 0 Å². The van der Waals surface area contributed by atoms with Crippen LogP contribution in [0.3, 0.4) is 0 Å². The van der Waals surface area contributed by atoms with Crippen LogP contribution in [0.2, 0.25) is 0 Å². The van der Waals surface area contributed by atoms with Crippen molar-refractivity contribution in [1.82, 2.24) is 5.32 Å². The van der Waals surface area contributed by atoms with Gasteiger partial charge in [0.05, 0.1) is 25.4 Å². The van der Waals surface area contributed by atoms with Crippen molar-refractivity contribution in [3.8, 4) is 0 Å². The van der Waals surface area contributed by atoms with E-state index < -0.39 is 12.1 Å². The normalized spacial score (nSPS) is 13.1. The molecule has 2 unspecified atom stereocenters. The number of ether oxygens (including phenoxy) is 1. The molecular weight excluding hydrogens is 779 g/mol. The van der Waals surface area contributed by atoms with Crippen LogP contribution in [0.25, 0.3) is 0 Å². The van der Waals surface area contributed by atoms with Crippen LogP contribution in [0.1, 0.15) is 264 Å². The third-order valence-corrected chi connectivity index (χ3v) is 12.0. The Hall–Kier alpha value is -2.44. The van der Waals surface area contributed by atoms with Crippen LogP contribution >= 0.6 is 0 Å². The van der Waals surface area contributed by atoms with E-state index in [2.05, 4.69) is 67.8 Å². The summed E-state index contributed by atoms with van der Waals surface area (Å²) in [5.74, 6) is -0.0922. The molecule has 0 spiro atoms. The summed E-state index contributed by atoms with van der Waals surface area (Å²) in [5.41, 5.74) is 0. The molecule has 0 fully saturated rings. The minimum absolute atomic E-state index is 0.0101. The maximum Gasteiger partial charge on any atom is 0.305 e. The zero-order valence-corrected chi connectivity index (χ0v) is 41.5. The quantitative estimate of drug-likeness (QED) is 0.0321. The fraction of sp³-hybridized carbons (Fsp3) is 0.789. The third kappa shape index (κ3) is 48.8. The van der Waals surface area contributed by atoms with Crippen molar-refractivity contribution in [1.29, 1.82) is 0 Å². The Labute approximate surface area is 390 Å². The zero-order chi connectivity index (χ0) is 45.8. The number of unbranched alkanes of at least 4 members (excludes halogenated alkanes) is 30. The predicted octanol–water partition coefficient (Wildman–Crippen LogP) is 16.4. The highest BCUT2D eigenvalue weighted by Crippen LogP contribution is 2.14. The van der Waals surface area contributed by atoms with Crippen molar-refractivity contribution in [3.63, 3.8) is 0 Å². The standard InChI is InChI=1S/C57H103NO5/c1-3-5-7-9-11-13-15-27-31-35-39-43-47-51-57(62)63-52-48-44-40-36-32-29-26-24-22-20-18-16-17-19-21-23-25-28-30-34-38-42-46-50-56(61)58-54(53-59)55(60)49-45-41-37-33-14-12-10-8-6-4-2/h7,9,13,15-16,18-19,21,45,49,54-55,59-60H,3-6,8,10-12,14,17,20,22-44,46-48,50-53H2,1-2H3,(H,58,61)/b9-7-,15-13-,18-16-,21-19-,49-45+. The van der Waals surface area contributed by atoms with E-state index in [-0.39, 0.29) is 18.5 Å². The molecule has 0 saturated heterocycles. The maximum atomic E-state index is 12.4. The molecule has 63 heavy (non-hydrogen) atoms. The van der Waals surface area contributed by atoms with Gasteiger partial charge in [0, 0.05) is 12.8 Å². The first kappa shape index (κ1) is 60.6. The van der Waals surface area contributed by atoms with Crippen molar-refractivity contribution in [2.24, 2.45) is 0 Å². The average molecular weight is 882 g/mol. The maximum absolute atomic E-state index is 12.4. The summed E-state index contributed by atoms with van der Waals surface area (Å²) in [5, 5.41) is 22.9. The fourth-order valence-corrected chi connectivity index (χ4v) is 7.82.